The van der Waals surface area contributed by atoms with Crippen LogP contribution in [0.2, 0.25) is 0 Å². The first-order valence-electron chi connectivity index (χ1n) is 5.73. The van der Waals surface area contributed by atoms with E-state index in [1.165, 1.54) is 12.1 Å². The van der Waals surface area contributed by atoms with Gasteiger partial charge in [0.2, 0.25) is 0 Å². The van der Waals surface area contributed by atoms with Crippen molar-refractivity contribution in [1.82, 2.24) is 0 Å². The molecule has 0 aliphatic rings. The molecule has 0 aromatic heterocycles. The fraction of sp³-hybridized carbons (Fsp3) is 0.267. The Balaban J connectivity index is 0.000000321. The number of benzene rings is 1. The van der Waals surface area contributed by atoms with Crippen LogP contribution in [0.25, 0.3) is 0 Å². The van der Waals surface area contributed by atoms with Gasteiger partial charge in [0.15, 0.2) is 0 Å². The van der Waals surface area contributed by atoms with Gasteiger partial charge < -0.3 is 14.4 Å². The van der Waals surface area contributed by atoms with Crippen LogP contribution in [0, 0.1) is 0 Å². The molecule has 0 spiro atoms. The molecule has 1 rings (SSSR count). The maximum atomic E-state index is 10.1. The molecule has 0 atom stereocenters. The Kier molecular flexibility index (Phi) is 7.40. The normalized spacial score (nSPS) is 9.89. The lowest BCUT2D eigenvalue weighted by molar-refractivity contribution is -0.878. The Morgan fingerprint density at radius 1 is 1.17 bits per heavy atom. The molecule has 0 saturated heterocycles. The third-order valence-corrected chi connectivity index (χ3v) is 2.26. The Morgan fingerprint density at radius 2 is 1.61 bits per heavy atom. The molecule has 0 radical (unpaired) electrons. The van der Waals surface area contributed by atoms with Crippen LogP contribution in [-0.2, 0) is 0 Å². The van der Waals surface area contributed by atoms with Crippen molar-refractivity contribution in [1.29, 1.82) is 0 Å². The third kappa shape index (κ3) is 7.41. The van der Waals surface area contributed by atoms with Gasteiger partial charge in [-0.15, -0.1) is 0 Å². The van der Waals surface area contributed by atoms with Gasteiger partial charge in [-0.25, -0.2) is 0 Å². The molecule has 0 saturated carbocycles. The number of aromatic carboxylic acids is 1. The number of quaternary nitrogens is 1. The van der Waals surface area contributed by atoms with Crippen LogP contribution in [0.15, 0.2) is 55.6 Å². The molecule has 0 bridgehead atoms. The van der Waals surface area contributed by atoms with Gasteiger partial charge in [-0.1, -0.05) is 43.5 Å². The minimum absolute atomic E-state index is 0.220. The van der Waals surface area contributed by atoms with Crippen molar-refractivity contribution >= 4 is 5.97 Å². The predicted molar refractivity (Wildman–Crippen MR) is 73.0 cm³/mol. The van der Waals surface area contributed by atoms with E-state index in [1.807, 2.05) is 12.2 Å². The van der Waals surface area contributed by atoms with Gasteiger partial charge in [-0.3, -0.25) is 0 Å². The molecule has 3 nitrogen and oxygen atoms in total. The summed E-state index contributed by atoms with van der Waals surface area (Å²) in [6, 6.07) is 8.06. The standard InChI is InChI=1S/C8H16N.C7H6O2/c1-5-7-9(3,4)8-6-2;8-7(9)6-4-2-1-3-5-6/h5-6H,1-2,7-8H2,3-4H3;1-5H,(H,8,9)/q+1;/p-1. The molecule has 0 amide bonds. The highest BCUT2D eigenvalue weighted by atomic mass is 16.4. The summed E-state index contributed by atoms with van der Waals surface area (Å²) in [5.74, 6) is -1.13. The Morgan fingerprint density at radius 3 is 1.89 bits per heavy atom. The summed E-state index contributed by atoms with van der Waals surface area (Å²) in [6.07, 6.45) is 3.87. The highest BCUT2D eigenvalue weighted by molar-refractivity contribution is 5.85. The van der Waals surface area contributed by atoms with Crippen molar-refractivity contribution < 1.29 is 14.4 Å². The number of carboxylic acids is 1. The minimum Gasteiger partial charge on any atom is -0.545 e. The largest absolute Gasteiger partial charge is 0.545 e. The number of nitrogens with zero attached hydrogens (tertiary/aromatic N) is 1. The van der Waals surface area contributed by atoms with E-state index in [0.717, 1.165) is 17.6 Å². The van der Waals surface area contributed by atoms with E-state index < -0.39 is 5.97 Å². The maximum Gasteiger partial charge on any atom is 0.0969 e. The Labute approximate surface area is 109 Å². The highest BCUT2D eigenvalue weighted by Crippen LogP contribution is 1.95. The fourth-order valence-electron chi connectivity index (χ4n) is 1.35. The number of hydrogen-bond acceptors (Lipinski definition) is 2. The zero-order valence-electron chi connectivity index (χ0n) is 11.1. The topological polar surface area (TPSA) is 40.1 Å². The van der Waals surface area contributed by atoms with Gasteiger partial charge in [-0.05, 0) is 17.7 Å². The number of carbonyl (C=O) groups is 1. The van der Waals surface area contributed by atoms with Gasteiger partial charge in [-0.2, -0.15) is 0 Å². The molecule has 0 aliphatic heterocycles. The van der Waals surface area contributed by atoms with E-state index in [9.17, 15) is 9.90 Å². The van der Waals surface area contributed by atoms with E-state index >= 15 is 0 Å². The molecule has 0 N–H and O–H groups in total. The van der Waals surface area contributed by atoms with E-state index in [4.69, 9.17) is 0 Å². The van der Waals surface area contributed by atoms with Crippen molar-refractivity contribution in [3.8, 4) is 0 Å². The minimum atomic E-state index is -1.13. The number of likely N-dealkylation sites (N-methyl/N-ethyl adjacent to an activating group) is 1. The number of rotatable bonds is 5. The fourth-order valence-corrected chi connectivity index (χ4v) is 1.35. The van der Waals surface area contributed by atoms with Crippen molar-refractivity contribution in [3.63, 3.8) is 0 Å². The average molecular weight is 247 g/mol. The lowest BCUT2D eigenvalue weighted by Gasteiger charge is -2.26. The van der Waals surface area contributed by atoms with Crippen LogP contribution in [0.3, 0.4) is 0 Å². The Hall–Kier alpha value is -1.87. The van der Waals surface area contributed by atoms with Crippen LogP contribution in [0.5, 0.6) is 0 Å². The monoisotopic (exact) mass is 247 g/mol. The highest BCUT2D eigenvalue weighted by Gasteiger charge is 2.07. The number of carbonyl (C=O) groups excluding carboxylic acids is 1. The number of hydrogen-bond donors (Lipinski definition) is 0. The van der Waals surface area contributed by atoms with Crippen molar-refractivity contribution in [3.05, 3.63) is 61.2 Å². The summed E-state index contributed by atoms with van der Waals surface area (Å²) >= 11 is 0. The second-order valence-corrected chi connectivity index (χ2v) is 4.53. The molecule has 98 valence electrons. The van der Waals surface area contributed by atoms with Crippen LogP contribution >= 0.6 is 0 Å². The second-order valence-electron chi connectivity index (χ2n) is 4.53. The predicted octanol–water partition coefficient (Wildman–Crippen LogP) is 1.48. The maximum absolute atomic E-state index is 10.1. The molecule has 0 unspecified atom stereocenters. The van der Waals surface area contributed by atoms with Gasteiger partial charge in [0.25, 0.3) is 0 Å². The number of carboxylic acid groups (broad SMARTS) is 1. The lowest BCUT2D eigenvalue weighted by atomic mass is 10.2. The summed E-state index contributed by atoms with van der Waals surface area (Å²) in [7, 11) is 4.31. The van der Waals surface area contributed by atoms with E-state index in [2.05, 4.69) is 27.3 Å². The SMILES string of the molecule is C=CC[N+](C)(C)CC=C.O=C([O-])c1ccccc1. The van der Waals surface area contributed by atoms with Gasteiger partial charge in [0.05, 0.1) is 33.2 Å². The first-order chi connectivity index (χ1) is 8.43. The van der Waals surface area contributed by atoms with Crippen molar-refractivity contribution in [2.75, 3.05) is 27.2 Å². The van der Waals surface area contributed by atoms with Crippen LogP contribution in [0.1, 0.15) is 10.4 Å². The smallest absolute Gasteiger partial charge is 0.0969 e. The molecular formula is C15H21NO2. The van der Waals surface area contributed by atoms with E-state index in [1.54, 1.807) is 18.2 Å². The summed E-state index contributed by atoms with van der Waals surface area (Å²) in [5, 5.41) is 10.1. The first-order valence-corrected chi connectivity index (χ1v) is 5.73. The van der Waals surface area contributed by atoms with Crippen LogP contribution < -0.4 is 5.11 Å². The van der Waals surface area contributed by atoms with Gasteiger partial charge in [0.1, 0.15) is 0 Å². The van der Waals surface area contributed by atoms with Crippen molar-refractivity contribution in [2.45, 2.75) is 0 Å². The zero-order chi connectivity index (χ0) is 14.0. The van der Waals surface area contributed by atoms with E-state index in [0.29, 0.717) is 0 Å². The summed E-state index contributed by atoms with van der Waals surface area (Å²) in [6.45, 7) is 9.37. The van der Waals surface area contributed by atoms with Crippen molar-refractivity contribution in [2.24, 2.45) is 0 Å². The molecular weight excluding hydrogens is 226 g/mol. The van der Waals surface area contributed by atoms with E-state index in [-0.39, 0.29) is 5.56 Å². The molecule has 18 heavy (non-hydrogen) atoms. The lowest BCUT2D eigenvalue weighted by Crippen LogP contribution is -2.39. The molecule has 0 heterocycles. The molecule has 0 fully saturated rings. The second kappa shape index (κ2) is 8.25. The van der Waals surface area contributed by atoms with Crippen LogP contribution in [0.4, 0.5) is 0 Å². The Bertz CT molecular complexity index is 371. The van der Waals surface area contributed by atoms with Gasteiger partial charge in [0, 0.05) is 0 Å². The molecule has 3 heteroatoms. The van der Waals surface area contributed by atoms with Gasteiger partial charge >= 0.3 is 0 Å². The van der Waals surface area contributed by atoms with Crippen LogP contribution in [-0.4, -0.2) is 37.6 Å². The summed E-state index contributed by atoms with van der Waals surface area (Å²) < 4.78 is 0.951. The quantitative estimate of drug-likeness (QED) is 0.584. The average Bonchev–Trinajstić information content (AvgIpc) is 2.30. The third-order valence-electron chi connectivity index (χ3n) is 2.26. The first kappa shape index (κ1) is 16.1. The summed E-state index contributed by atoms with van der Waals surface area (Å²) in [5.41, 5.74) is 0.220. The molecule has 1 aromatic rings. The molecule has 0 aliphatic carbocycles. The zero-order valence-corrected chi connectivity index (χ0v) is 11.1. The molecule has 1 aromatic carbocycles. The summed E-state index contributed by atoms with van der Waals surface area (Å²) in [4.78, 5) is 10.1.